The van der Waals surface area contributed by atoms with Gasteiger partial charge in [-0.2, -0.15) is 0 Å². The number of rotatable bonds is 0. The molecule has 2 aromatic rings. The van der Waals surface area contributed by atoms with Crippen molar-refractivity contribution in [2.45, 2.75) is 19.4 Å². The molecule has 0 aliphatic carbocycles. The van der Waals surface area contributed by atoms with E-state index in [2.05, 4.69) is 22.9 Å². The minimum absolute atomic E-state index is 0.874. The van der Waals surface area contributed by atoms with E-state index >= 15 is 0 Å². The molecule has 1 aromatic heterocycles. The summed E-state index contributed by atoms with van der Waals surface area (Å²) in [6, 6.07) is 6.28. The van der Waals surface area contributed by atoms with Gasteiger partial charge in [0.2, 0.25) is 0 Å². The average Bonchev–Trinajstić information content (AvgIpc) is 2.57. The molecule has 3 rings (SSSR count). The van der Waals surface area contributed by atoms with Gasteiger partial charge in [0, 0.05) is 23.2 Å². The first-order chi connectivity index (χ1) is 6.36. The monoisotopic (exact) mass is 191 g/mol. The molecule has 66 valence electrons. The Kier molecular flexibility index (Phi) is 1.44. The van der Waals surface area contributed by atoms with E-state index in [4.69, 9.17) is 11.6 Å². The molecule has 0 radical (unpaired) electrons. The first-order valence-electron chi connectivity index (χ1n) is 4.62. The van der Waals surface area contributed by atoms with Crippen molar-refractivity contribution in [3.63, 3.8) is 0 Å². The third-order valence-electron chi connectivity index (χ3n) is 2.80. The lowest BCUT2D eigenvalue weighted by Crippen LogP contribution is -2.06. The average molecular weight is 192 g/mol. The minimum atomic E-state index is 0.874. The topological polar surface area (TPSA) is 4.93 Å². The summed E-state index contributed by atoms with van der Waals surface area (Å²) in [5.74, 6) is 0. The van der Waals surface area contributed by atoms with Crippen LogP contribution in [-0.2, 0) is 13.0 Å². The fourth-order valence-corrected chi connectivity index (χ4v) is 2.41. The molecule has 0 unspecified atom stereocenters. The quantitative estimate of drug-likeness (QED) is 0.603. The number of nitrogens with zero attached hydrogens (tertiary/aromatic N) is 1. The first-order valence-corrected chi connectivity index (χ1v) is 5.00. The van der Waals surface area contributed by atoms with Crippen molar-refractivity contribution in [2.24, 2.45) is 0 Å². The molecule has 0 bridgehead atoms. The molecule has 0 saturated heterocycles. The SMILES string of the molecule is Clc1ccc2c3c1ccn3CCC2. The molecule has 0 saturated carbocycles. The van der Waals surface area contributed by atoms with Gasteiger partial charge in [0.1, 0.15) is 0 Å². The van der Waals surface area contributed by atoms with Crippen LogP contribution in [0, 0.1) is 0 Å². The Balaban J connectivity index is 2.50. The van der Waals surface area contributed by atoms with Crippen molar-refractivity contribution in [1.29, 1.82) is 0 Å². The summed E-state index contributed by atoms with van der Waals surface area (Å²) in [7, 11) is 0. The highest BCUT2D eigenvalue weighted by Crippen LogP contribution is 2.31. The summed E-state index contributed by atoms with van der Waals surface area (Å²) < 4.78 is 2.31. The van der Waals surface area contributed by atoms with Crippen molar-refractivity contribution in [1.82, 2.24) is 4.57 Å². The summed E-state index contributed by atoms with van der Waals surface area (Å²) in [4.78, 5) is 0. The normalized spacial score (nSPS) is 15.2. The molecule has 0 spiro atoms. The lowest BCUT2D eigenvalue weighted by Gasteiger charge is -2.15. The predicted molar refractivity (Wildman–Crippen MR) is 55.3 cm³/mol. The van der Waals surface area contributed by atoms with E-state index in [1.807, 2.05) is 6.07 Å². The highest BCUT2D eigenvalue weighted by atomic mass is 35.5. The summed E-state index contributed by atoms with van der Waals surface area (Å²) in [6.45, 7) is 1.14. The molecule has 1 aliphatic heterocycles. The van der Waals surface area contributed by atoms with Crippen LogP contribution in [0.25, 0.3) is 10.9 Å². The molecule has 0 atom stereocenters. The zero-order valence-electron chi connectivity index (χ0n) is 7.26. The number of hydrogen-bond acceptors (Lipinski definition) is 0. The van der Waals surface area contributed by atoms with Gasteiger partial charge in [-0.3, -0.25) is 0 Å². The van der Waals surface area contributed by atoms with Gasteiger partial charge in [0.15, 0.2) is 0 Å². The van der Waals surface area contributed by atoms with E-state index < -0.39 is 0 Å². The molecule has 0 fully saturated rings. The largest absolute Gasteiger partial charge is 0.347 e. The smallest absolute Gasteiger partial charge is 0.0527 e. The standard InChI is InChI=1S/C11H10ClN/c12-10-4-3-8-2-1-6-13-7-5-9(10)11(8)13/h3-5,7H,1-2,6H2. The Hall–Kier alpha value is -0.950. The molecule has 1 aromatic carbocycles. The zero-order valence-corrected chi connectivity index (χ0v) is 8.01. The van der Waals surface area contributed by atoms with Gasteiger partial charge in [0.25, 0.3) is 0 Å². The third kappa shape index (κ3) is 0.939. The van der Waals surface area contributed by atoms with Crippen molar-refractivity contribution >= 4 is 22.5 Å². The number of benzene rings is 1. The van der Waals surface area contributed by atoms with Crippen LogP contribution in [-0.4, -0.2) is 4.57 Å². The second-order valence-electron chi connectivity index (χ2n) is 3.58. The summed E-state index contributed by atoms with van der Waals surface area (Å²) in [5.41, 5.74) is 2.79. The highest BCUT2D eigenvalue weighted by molar-refractivity contribution is 6.35. The molecular formula is C11H10ClN. The fraction of sp³-hybridized carbons (Fsp3) is 0.273. The molecular weight excluding hydrogens is 182 g/mol. The van der Waals surface area contributed by atoms with E-state index in [0.717, 1.165) is 11.6 Å². The molecule has 1 aliphatic rings. The predicted octanol–water partition coefficient (Wildman–Crippen LogP) is 3.24. The minimum Gasteiger partial charge on any atom is -0.347 e. The van der Waals surface area contributed by atoms with Crippen LogP contribution in [0.5, 0.6) is 0 Å². The fourth-order valence-electron chi connectivity index (χ4n) is 2.19. The van der Waals surface area contributed by atoms with Gasteiger partial charge in [-0.05, 0) is 30.5 Å². The van der Waals surface area contributed by atoms with Gasteiger partial charge < -0.3 is 4.57 Å². The maximum absolute atomic E-state index is 6.11. The van der Waals surface area contributed by atoms with Crippen molar-refractivity contribution in [3.05, 3.63) is 35.0 Å². The van der Waals surface area contributed by atoms with Crippen molar-refractivity contribution < 1.29 is 0 Å². The van der Waals surface area contributed by atoms with Crippen LogP contribution in [0.2, 0.25) is 5.02 Å². The van der Waals surface area contributed by atoms with E-state index in [1.54, 1.807) is 0 Å². The zero-order chi connectivity index (χ0) is 8.84. The van der Waals surface area contributed by atoms with Crippen LogP contribution in [0.15, 0.2) is 24.4 Å². The van der Waals surface area contributed by atoms with Gasteiger partial charge in [0.05, 0.1) is 5.52 Å². The molecule has 2 heterocycles. The molecule has 0 N–H and O–H groups in total. The van der Waals surface area contributed by atoms with Gasteiger partial charge in [-0.15, -0.1) is 0 Å². The number of hydrogen-bond donors (Lipinski definition) is 0. The van der Waals surface area contributed by atoms with Gasteiger partial charge in [-0.1, -0.05) is 17.7 Å². The maximum Gasteiger partial charge on any atom is 0.0527 e. The number of halogens is 1. The van der Waals surface area contributed by atoms with Gasteiger partial charge >= 0.3 is 0 Å². The Labute approximate surface area is 81.9 Å². The summed E-state index contributed by atoms with van der Waals surface area (Å²) >= 11 is 6.11. The second-order valence-corrected chi connectivity index (χ2v) is 3.99. The first kappa shape index (κ1) is 7.45. The lowest BCUT2D eigenvalue weighted by atomic mass is 10.0. The highest BCUT2D eigenvalue weighted by Gasteiger charge is 2.13. The van der Waals surface area contributed by atoms with Crippen LogP contribution in [0.3, 0.4) is 0 Å². The maximum atomic E-state index is 6.11. The van der Waals surface area contributed by atoms with Crippen molar-refractivity contribution in [3.8, 4) is 0 Å². The number of aryl methyl sites for hydroxylation is 2. The van der Waals surface area contributed by atoms with E-state index in [9.17, 15) is 0 Å². The van der Waals surface area contributed by atoms with Gasteiger partial charge in [-0.25, -0.2) is 0 Å². The van der Waals surface area contributed by atoms with Crippen LogP contribution in [0.4, 0.5) is 0 Å². The van der Waals surface area contributed by atoms with Crippen LogP contribution >= 0.6 is 11.6 Å². The Morgan fingerprint density at radius 3 is 3.08 bits per heavy atom. The van der Waals surface area contributed by atoms with Crippen molar-refractivity contribution in [2.75, 3.05) is 0 Å². The van der Waals surface area contributed by atoms with Crippen LogP contribution < -0.4 is 0 Å². The second kappa shape index (κ2) is 2.52. The third-order valence-corrected chi connectivity index (χ3v) is 3.13. The molecule has 2 heteroatoms. The molecule has 0 amide bonds. The summed E-state index contributed by atoms with van der Waals surface area (Å²) in [6.07, 6.45) is 4.58. The molecule has 13 heavy (non-hydrogen) atoms. The summed E-state index contributed by atoms with van der Waals surface area (Å²) in [5, 5.41) is 2.08. The molecule has 1 nitrogen and oxygen atoms in total. The van der Waals surface area contributed by atoms with E-state index in [-0.39, 0.29) is 0 Å². The Morgan fingerprint density at radius 2 is 2.15 bits per heavy atom. The Bertz CT molecular complexity index is 470. The van der Waals surface area contributed by atoms with Crippen LogP contribution in [0.1, 0.15) is 12.0 Å². The number of aromatic nitrogens is 1. The van der Waals surface area contributed by atoms with E-state index in [0.29, 0.717) is 0 Å². The lowest BCUT2D eigenvalue weighted by molar-refractivity contribution is 0.636. The Morgan fingerprint density at radius 1 is 1.23 bits per heavy atom. The van der Waals surface area contributed by atoms with E-state index in [1.165, 1.54) is 29.3 Å².